The van der Waals surface area contributed by atoms with Crippen LogP contribution in [0.2, 0.25) is 0 Å². The van der Waals surface area contributed by atoms with E-state index in [1.54, 1.807) is 0 Å². The summed E-state index contributed by atoms with van der Waals surface area (Å²) in [5.41, 5.74) is 1.28. The summed E-state index contributed by atoms with van der Waals surface area (Å²) >= 11 is 0. The first kappa shape index (κ1) is 12.6. The molecule has 1 saturated carbocycles. The van der Waals surface area contributed by atoms with Crippen LogP contribution >= 0.6 is 0 Å². The highest BCUT2D eigenvalue weighted by molar-refractivity contribution is 5.19. The molecule has 2 atom stereocenters. The van der Waals surface area contributed by atoms with E-state index in [9.17, 15) is 0 Å². The van der Waals surface area contributed by atoms with Gasteiger partial charge in [0.2, 0.25) is 0 Å². The fraction of sp³-hybridized carbons (Fsp3) is 0.600. The molecule has 0 aliphatic heterocycles. The molecule has 2 nitrogen and oxygen atoms in total. The third-order valence-corrected chi connectivity index (χ3v) is 3.49. The maximum atomic E-state index is 9.17. The summed E-state index contributed by atoms with van der Waals surface area (Å²) in [5.74, 6) is 0.947. The summed E-state index contributed by atoms with van der Waals surface area (Å²) < 4.78 is 0. The van der Waals surface area contributed by atoms with E-state index in [0.29, 0.717) is 6.04 Å². The molecule has 0 amide bonds. The quantitative estimate of drug-likeness (QED) is 0.759. The summed E-state index contributed by atoms with van der Waals surface area (Å²) in [6.07, 6.45) is 4.87. The molecule has 94 valence electrons. The Hall–Kier alpha value is -0.860. The smallest absolute Gasteiger partial charge is 0.0449 e. The minimum atomic E-state index is 0.239. The zero-order valence-electron chi connectivity index (χ0n) is 10.6. The average Bonchev–Trinajstić information content (AvgIpc) is 3.13. The number of aliphatic hydroxyl groups is 1. The van der Waals surface area contributed by atoms with Gasteiger partial charge in [0.05, 0.1) is 0 Å². The third-order valence-electron chi connectivity index (χ3n) is 3.49. The Labute approximate surface area is 104 Å². The highest BCUT2D eigenvalue weighted by atomic mass is 16.3. The van der Waals surface area contributed by atoms with Crippen molar-refractivity contribution in [3.63, 3.8) is 0 Å². The summed E-state index contributed by atoms with van der Waals surface area (Å²) in [7, 11) is 0. The number of nitrogens with one attached hydrogen (secondary N) is 1. The number of rotatable bonds is 7. The van der Waals surface area contributed by atoms with Gasteiger partial charge < -0.3 is 10.4 Å². The van der Waals surface area contributed by atoms with Gasteiger partial charge in [0.25, 0.3) is 0 Å². The van der Waals surface area contributed by atoms with Crippen LogP contribution in [0.25, 0.3) is 0 Å². The van der Waals surface area contributed by atoms with Gasteiger partial charge in [-0.05, 0) is 31.2 Å². The minimum absolute atomic E-state index is 0.239. The van der Waals surface area contributed by atoms with E-state index >= 15 is 0 Å². The van der Waals surface area contributed by atoms with Crippen molar-refractivity contribution < 1.29 is 5.11 Å². The number of hydrogen-bond donors (Lipinski definition) is 2. The van der Waals surface area contributed by atoms with Crippen LogP contribution in [0.5, 0.6) is 0 Å². The van der Waals surface area contributed by atoms with Gasteiger partial charge in [0, 0.05) is 18.7 Å². The molecule has 1 aromatic rings. The van der Waals surface area contributed by atoms with Crippen LogP contribution in [0.15, 0.2) is 30.3 Å². The Morgan fingerprint density at radius 1 is 1.29 bits per heavy atom. The van der Waals surface area contributed by atoms with Crippen LogP contribution in [0.1, 0.15) is 44.2 Å². The molecule has 0 radical (unpaired) electrons. The predicted molar refractivity (Wildman–Crippen MR) is 70.8 cm³/mol. The van der Waals surface area contributed by atoms with E-state index in [2.05, 4.69) is 36.5 Å². The first-order valence-corrected chi connectivity index (χ1v) is 6.71. The maximum Gasteiger partial charge on any atom is 0.0449 e. The molecule has 0 aromatic heterocycles. The van der Waals surface area contributed by atoms with Crippen molar-refractivity contribution in [2.45, 2.75) is 44.7 Å². The lowest BCUT2D eigenvalue weighted by atomic mass is 10.0. The van der Waals surface area contributed by atoms with Crippen LogP contribution in [-0.4, -0.2) is 17.8 Å². The lowest BCUT2D eigenvalue weighted by Crippen LogP contribution is -2.31. The molecule has 17 heavy (non-hydrogen) atoms. The summed E-state index contributed by atoms with van der Waals surface area (Å²) in [5, 5.41) is 12.8. The topological polar surface area (TPSA) is 32.3 Å². The first-order valence-electron chi connectivity index (χ1n) is 6.71. The van der Waals surface area contributed by atoms with Crippen LogP contribution in [-0.2, 0) is 0 Å². The van der Waals surface area contributed by atoms with Crippen LogP contribution in [0.3, 0.4) is 0 Å². The number of aliphatic hydroxyl groups excluding tert-OH is 1. The lowest BCUT2D eigenvalue weighted by molar-refractivity contribution is 0.258. The molecule has 0 heterocycles. The van der Waals surface area contributed by atoms with Gasteiger partial charge in [-0.25, -0.2) is 0 Å². The molecule has 0 bridgehead atoms. The zero-order valence-corrected chi connectivity index (χ0v) is 10.6. The molecule has 0 saturated heterocycles. The molecule has 1 fully saturated rings. The molecule has 1 aliphatic rings. The molecule has 1 aliphatic carbocycles. The van der Waals surface area contributed by atoms with Crippen LogP contribution in [0.4, 0.5) is 0 Å². The Bertz CT molecular complexity index is 321. The van der Waals surface area contributed by atoms with Crippen molar-refractivity contribution in [1.29, 1.82) is 0 Å². The maximum absolute atomic E-state index is 9.17. The van der Waals surface area contributed by atoms with Gasteiger partial charge in [-0.15, -0.1) is 0 Å². The lowest BCUT2D eigenvalue weighted by Gasteiger charge is -2.23. The largest absolute Gasteiger partial charge is 0.396 e. The van der Waals surface area contributed by atoms with E-state index in [4.69, 9.17) is 5.11 Å². The van der Waals surface area contributed by atoms with Gasteiger partial charge in [-0.1, -0.05) is 43.2 Å². The fourth-order valence-corrected chi connectivity index (χ4v) is 2.43. The summed E-state index contributed by atoms with van der Waals surface area (Å²) in [6, 6.07) is 11.3. The normalized spacial score (nSPS) is 18.9. The molecular weight excluding hydrogens is 210 g/mol. The first-order chi connectivity index (χ1) is 8.29. The van der Waals surface area contributed by atoms with Crippen LogP contribution < -0.4 is 5.32 Å². The zero-order chi connectivity index (χ0) is 12.1. The van der Waals surface area contributed by atoms with E-state index < -0.39 is 0 Å². The van der Waals surface area contributed by atoms with Gasteiger partial charge in [-0.3, -0.25) is 0 Å². The molecule has 0 spiro atoms. The predicted octanol–water partition coefficient (Wildman–Crippen LogP) is 2.89. The van der Waals surface area contributed by atoms with E-state index in [-0.39, 0.29) is 12.6 Å². The molecular formula is C15H23NO. The molecule has 2 heteroatoms. The third kappa shape index (κ3) is 4.14. The molecule has 2 N–H and O–H groups in total. The second-order valence-electron chi connectivity index (χ2n) is 5.22. The van der Waals surface area contributed by atoms with Gasteiger partial charge >= 0.3 is 0 Å². The molecule has 2 rings (SSSR count). The Morgan fingerprint density at radius 3 is 2.59 bits per heavy atom. The van der Waals surface area contributed by atoms with E-state index in [0.717, 1.165) is 12.3 Å². The standard InChI is InChI=1S/C15H23NO/c1-12(11-13-7-8-13)16-15(9-10-17)14-5-3-2-4-6-14/h2-6,12-13,15-17H,7-11H2,1H3/t12?,15-/m1/s1. The van der Waals surface area contributed by atoms with Crippen molar-refractivity contribution in [1.82, 2.24) is 5.32 Å². The second-order valence-corrected chi connectivity index (χ2v) is 5.22. The number of hydrogen-bond acceptors (Lipinski definition) is 2. The van der Waals surface area contributed by atoms with Crippen molar-refractivity contribution in [3.05, 3.63) is 35.9 Å². The van der Waals surface area contributed by atoms with Gasteiger partial charge in [0.15, 0.2) is 0 Å². The molecule has 1 aromatic carbocycles. The van der Waals surface area contributed by atoms with Crippen molar-refractivity contribution in [2.75, 3.05) is 6.61 Å². The Kier molecular flexibility index (Phi) is 4.57. The monoisotopic (exact) mass is 233 g/mol. The Balaban J connectivity index is 1.91. The minimum Gasteiger partial charge on any atom is -0.396 e. The van der Waals surface area contributed by atoms with E-state index in [1.807, 2.05) is 6.07 Å². The molecule has 1 unspecified atom stereocenters. The van der Waals surface area contributed by atoms with Crippen LogP contribution in [0, 0.1) is 5.92 Å². The summed E-state index contributed by atoms with van der Waals surface area (Å²) in [6.45, 7) is 2.49. The highest BCUT2D eigenvalue weighted by Crippen LogP contribution is 2.34. The van der Waals surface area contributed by atoms with Crippen molar-refractivity contribution >= 4 is 0 Å². The van der Waals surface area contributed by atoms with Gasteiger partial charge in [0.1, 0.15) is 0 Å². The highest BCUT2D eigenvalue weighted by Gasteiger charge is 2.24. The van der Waals surface area contributed by atoms with E-state index in [1.165, 1.54) is 24.8 Å². The summed E-state index contributed by atoms with van der Waals surface area (Å²) in [4.78, 5) is 0. The van der Waals surface area contributed by atoms with Crippen molar-refractivity contribution in [3.8, 4) is 0 Å². The van der Waals surface area contributed by atoms with Crippen molar-refractivity contribution in [2.24, 2.45) is 5.92 Å². The second kappa shape index (κ2) is 6.18. The SMILES string of the molecule is CC(CC1CC1)N[C@H](CCO)c1ccccc1. The fourth-order valence-electron chi connectivity index (χ4n) is 2.43. The number of benzene rings is 1. The van der Waals surface area contributed by atoms with Gasteiger partial charge in [-0.2, -0.15) is 0 Å². The Morgan fingerprint density at radius 2 is 2.00 bits per heavy atom. The average molecular weight is 233 g/mol.